The molecule has 0 amide bonds. The molecule has 0 bridgehead atoms. The lowest BCUT2D eigenvalue weighted by atomic mass is 9.92. The van der Waals surface area contributed by atoms with Gasteiger partial charge in [0.1, 0.15) is 12.5 Å². The van der Waals surface area contributed by atoms with Crippen molar-refractivity contribution in [2.24, 2.45) is 0 Å². The molecule has 0 fully saturated rings. The van der Waals surface area contributed by atoms with Gasteiger partial charge in [-0.3, -0.25) is 0 Å². The van der Waals surface area contributed by atoms with Crippen molar-refractivity contribution < 1.29 is 0 Å². The van der Waals surface area contributed by atoms with E-state index >= 15 is 0 Å². The zero-order valence-corrected chi connectivity index (χ0v) is 14.4. The smallest absolute Gasteiger partial charge is 0.133 e. The molecule has 3 rings (SSSR count). The number of aromatic nitrogens is 1. The van der Waals surface area contributed by atoms with Crippen molar-refractivity contribution in [2.45, 2.75) is 39.5 Å². The summed E-state index contributed by atoms with van der Waals surface area (Å²) < 4.78 is 0. The molecule has 0 saturated carbocycles. The van der Waals surface area contributed by atoms with Crippen LogP contribution in [0, 0.1) is 0 Å². The largest absolute Gasteiger partial charge is 0.327 e. The Hall–Kier alpha value is -2.29. The molecule has 0 atom stereocenters. The minimum atomic E-state index is 0.501. The van der Waals surface area contributed by atoms with Crippen LogP contribution in [0.4, 0.5) is 11.5 Å². The Morgan fingerprint density at radius 1 is 0.826 bits per heavy atom. The van der Waals surface area contributed by atoms with Gasteiger partial charge in [-0.15, -0.1) is 0 Å². The molecule has 120 valence electrons. The van der Waals surface area contributed by atoms with Crippen LogP contribution in [0.3, 0.4) is 0 Å². The summed E-state index contributed by atoms with van der Waals surface area (Å²) in [6.45, 7) is 9.86. The lowest BCUT2D eigenvalue weighted by molar-refractivity contribution is 0.815. The minimum Gasteiger partial charge on any atom is -0.327 e. The van der Waals surface area contributed by atoms with E-state index in [-0.39, 0.29) is 0 Å². The van der Waals surface area contributed by atoms with Gasteiger partial charge in [-0.25, -0.2) is 4.98 Å². The summed E-state index contributed by atoms with van der Waals surface area (Å²) in [5, 5.41) is 0. The van der Waals surface area contributed by atoms with E-state index in [2.05, 4.69) is 73.1 Å². The average molecular weight is 307 g/mol. The van der Waals surface area contributed by atoms with Gasteiger partial charge in [-0.1, -0.05) is 52.0 Å². The fourth-order valence-corrected chi connectivity index (χ4v) is 3.08. The molecule has 0 aliphatic carbocycles. The molecule has 1 aliphatic rings. The Balaban J connectivity index is 1.95. The van der Waals surface area contributed by atoms with E-state index in [1.54, 1.807) is 0 Å². The Morgan fingerprint density at radius 2 is 1.48 bits per heavy atom. The van der Waals surface area contributed by atoms with Crippen LogP contribution in [0.25, 0.3) is 0 Å². The third kappa shape index (κ3) is 3.09. The van der Waals surface area contributed by atoms with Crippen molar-refractivity contribution in [3.63, 3.8) is 0 Å². The van der Waals surface area contributed by atoms with E-state index < -0.39 is 0 Å². The van der Waals surface area contributed by atoms with Gasteiger partial charge in [-0.2, -0.15) is 0 Å². The van der Waals surface area contributed by atoms with Gasteiger partial charge in [0.15, 0.2) is 0 Å². The van der Waals surface area contributed by atoms with Crippen molar-refractivity contribution in [3.8, 4) is 0 Å². The second-order valence-electron chi connectivity index (χ2n) is 6.66. The zero-order chi connectivity index (χ0) is 16.4. The number of hydrogen-bond acceptors (Lipinski definition) is 3. The first-order chi connectivity index (χ1) is 11.1. The van der Waals surface area contributed by atoms with E-state index in [9.17, 15) is 0 Å². The lowest BCUT2D eigenvalue weighted by Crippen LogP contribution is -2.27. The van der Waals surface area contributed by atoms with Crippen LogP contribution in [0.1, 0.15) is 50.7 Å². The predicted molar refractivity (Wildman–Crippen MR) is 97.8 cm³/mol. The van der Waals surface area contributed by atoms with Gasteiger partial charge in [0, 0.05) is 24.3 Å². The van der Waals surface area contributed by atoms with Gasteiger partial charge >= 0.3 is 0 Å². The zero-order valence-electron chi connectivity index (χ0n) is 14.4. The van der Waals surface area contributed by atoms with Crippen LogP contribution in [-0.2, 0) is 0 Å². The molecule has 23 heavy (non-hydrogen) atoms. The van der Waals surface area contributed by atoms with Crippen molar-refractivity contribution in [1.82, 2.24) is 4.98 Å². The second kappa shape index (κ2) is 6.45. The maximum atomic E-state index is 4.45. The molecule has 0 spiro atoms. The van der Waals surface area contributed by atoms with Crippen LogP contribution in [-0.4, -0.2) is 11.7 Å². The third-order valence-corrected chi connectivity index (χ3v) is 4.30. The van der Waals surface area contributed by atoms with Gasteiger partial charge < -0.3 is 9.80 Å². The van der Waals surface area contributed by atoms with E-state index in [1.165, 1.54) is 16.8 Å². The summed E-state index contributed by atoms with van der Waals surface area (Å²) in [7, 11) is 0. The maximum Gasteiger partial charge on any atom is 0.133 e. The number of rotatable bonds is 4. The predicted octanol–water partition coefficient (Wildman–Crippen LogP) is 5.08. The van der Waals surface area contributed by atoms with Crippen LogP contribution in [0.2, 0.25) is 0 Å². The molecular formula is C20H25N3. The number of nitrogens with zero attached hydrogens (tertiary/aromatic N) is 3. The summed E-state index contributed by atoms with van der Waals surface area (Å²) in [5.41, 5.74) is 4.17. The molecule has 2 aromatic rings. The van der Waals surface area contributed by atoms with Crippen LogP contribution >= 0.6 is 0 Å². The molecule has 2 heterocycles. The maximum absolute atomic E-state index is 4.45. The van der Waals surface area contributed by atoms with Crippen molar-refractivity contribution in [1.29, 1.82) is 0 Å². The summed E-state index contributed by atoms with van der Waals surface area (Å²) in [5.74, 6) is 1.99. The van der Waals surface area contributed by atoms with Crippen LogP contribution in [0.15, 0.2) is 55.0 Å². The Bertz CT molecular complexity index is 663. The molecule has 0 unspecified atom stereocenters. The first-order valence-electron chi connectivity index (χ1n) is 8.33. The van der Waals surface area contributed by atoms with Crippen LogP contribution in [0.5, 0.6) is 0 Å². The highest BCUT2D eigenvalue weighted by Gasteiger charge is 2.23. The monoisotopic (exact) mass is 307 g/mol. The third-order valence-electron chi connectivity index (χ3n) is 4.30. The summed E-state index contributed by atoms with van der Waals surface area (Å²) in [4.78, 5) is 8.98. The van der Waals surface area contributed by atoms with Gasteiger partial charge in [-0.05, 0) is 35.1 Å². The van der Waals surface area contributed by atoms with E-state index in [0.717, 1.165) is 12.5 Å². The van der Waals surface area contributed by atoms with Gasteiger partial charge in [0.05, 0.1) is 0 Å². The minimum absolute atomic E-state index is 0.501. The van der Waals surface area contributed by atoms with E-state index in [4.69, 9.17) is 0 Å². The van der Waals surface area contributed by atoms with Crippen molar-refractivity contribution in [2.75, 3.05) is 16.5 Å². The summed E-state index contributed by atoms with van der Waals surface area (Å²) in [6.07, 6.45) is 6.12. The van der Waals surface area contributed by atoms with Crippen molar-refractivity contribution in [3.05, 3.63) is 66.1 Å². The number of para-hydroxylation sites is 1. The first kappa shape index (κ1) is 15.6. The highest BCUT2D eigenvalue weighted by Crippen LogP contribution is 2.37. The van der Waals surface area contributed by atoms with Gasteiger partial charge in [0.25, 0.3) is 0 Å². The number of hydrogen-bond donors (Lipinski definition) is 0. The molecule has 1 aromatic carbocycles. The topological polar surface area (TPSA) is 19.4 Å². The number of benzene rings is 1. The molecule has 1 aromatic heterocycles. The molecular weight excluding hydrogens is 282 g/mol. The average Bonchev–Trinajstić information content (AvgIpc) is 3.04. The number of pyridine rings is 1. The van der Waals surface area contributed by atoms with Crippen LogP contribution < -0.4 is 9.80 Å². The van der Waals surface area contributed by atoms with Crippen molar-refractivity contribution >= 4 is 11.5 Å². The Kier molecular flexibility index (Phi) is 4.37. The molecule has 0 N–H and O–H groups in total. The molecule has 1 aliphatic heterocycles. The molecule has 3 heteroatoms. The highest BCUT2D eigenvalue weighted by atomic mass is 15.4. The summed E-state index contributed by atoms with van der Waals surface area (Å²) >= 11 is 0. The molecule has 0 radical (unpaired) electrons. The fraction of sp³-hybridized carbons (Fsp3) is 0.350. The second-order valence-corrected chi connectivity index (χ2v) is 6.66. The quantitative estimate of drug-likeness (QED) is 0.785. The summed E-state index contributed by atoms with van der Waals surface area (Å²) in [6, 6.07) is 12.7. The fourth-order valence-electron chi connectivity index (χ4n) is 3.08. The normalized spacial score (nSPS) is 14.3. The standard InChI is InChI=1S/C20H25N3/c1-15(2)17-8-7-9-18(16(3)4)20(17)23-13-12-22(14-23)19-10-5-6-11-21-19/h5-13,15-16H,14H2,1-4H3. The van der Waals surface area contributed by atoms with E-state index in [1.807, 2.05) is 24.4 Å². The first-order valence-corrected chi connectivity index (χ1v) is 8.33. The van der Waals surface area contributed by atoms with Gasteiger partial charge in [0.2, 0.25) is 0 Å². The molecule has 3 nitrogen and oxygen atoms in total. The highest BCUT2D eigenvalue weighted by molar-refractivity contribution is 5.66. The Morgan fingerprint density at radius 3 is 2.04 bits per heavy atom. The SMILES string of the molecule is CC(C)c1cccc(C(C)C)c1N1C=CN(c2ccccn2)C1. The van der Waals surface area contributed by atoms with E-state index in [0.29, 0.717) is 11.8 Å². The lowest BCUT2D eigenvalue weighted by Gasteiger charge is -2.28. The number of anilines is 2. The Labute approximate surface area is 139 Å². The molecule has 0 saturated heterocycles.